The summed E-state index contributed by atoms with van der Waals surface area (Å²) in [5.41, 5.74) is 1.93. The van der Waals surface area contributed by atoms with Crippen molar-refractivity contribution in [2.24, 2.45) is 5.92 Å². The number of hydrogen-bond donors (Lipinski definition) is 0. The molecule has 1 heterocycles. The molecule has 0 spiro atoms. The molecule has 0 unspecified atom stereocenters. The van der Waals surface area contributed by atoms with E-state index in [2.05, 4.69) is 27.8 Å². The van der Waals surface area contributed by atoms with Crippen LogP contribution in [0, 0.1) is 5.92 Å². The van der Waals surface area contributed by atoms with Crippen LogP contribution in [0.25, 0.3) is 0 Å². The van der Waals surface area contributed by atoms with E-state index in [1.54, 1.807) is 6.07 Å². The van der Waals surface area contributed by atoms with Crippen LogP contribution in [0.4, 0.5) is 0 Å². The number of likely N-dealkylation sites (tertiary alicyclic amines) is 1. The zero-order valence-corrected chi connectivity index (χ0v) is 18.4. The van der Waals surface area contributed by atoms with E-state index in [1.807, 2.05) is 30.3 Å². The van der Waals surface area contributed by atoms with Gasteiger partial charge in [0.05, 0.1) is 4.47 Å². The average molecular weight is 473 g/mol. The van der Waals surface area contributed by atoms with Crippen molar-refractivity contribution in [2.45, 2.75) is 26.4 Å². The zero-order chi connectivity index (χ0) is 18.7. The highest BCUT2D eigenvalue weighted by Gasteiger charge is 2.19. The topological polar surface area (TPSA) is 12.5 Å². The molecule has 2 aromatic carbocycles. The van der Waals surface area contributed by atoms with Crippen molar-refractivity contribution in [2.75, 3.05) is 13.1 Å². The molecule has 1 aliphatic heterocycles. The normalized spacial score (nSPS) is 15.2. The van der Waals surface area contributed by atoms with Gasteiger partial charge in [0.1, 0.15) is 17.3 Å². The molecule has 0 amide bonds. The number of halogens is 3. The Kier molecular flexibility index (Phi) is 6.84. The van der Waals surface area contributed by atoms with Gasteiger partial charge in [0.2, 0.25) is 0 Å². The first-order chi connectivity index (χ1) is 12.4. The lowest BCUT2D eigenvalue weighted by atomic mass is 9.99. The maximum Gasteiger partial charge on any atom is 0.134 e. The van der Waals surface area contributed by atoms with Gasteiger partial charge in [-0.25, -0.2) is 0 Å². The van der Waals surface area contributed by atoms with Gasteiger partial charge in [-0.05, 0) is 65.0 Å². The predicted octanol–water partition coefficient (Wildman–Crippen LogP) is 6.74. The van der Waals surface area contributed by atoms with Gasteiger partial charge in [0, 0.05) is 34.3 Å². The van der Waals surface area contributed by atoms with Gasteiger partial charge < -0.3 is 9.64 Å². The molecule has 0 bridgehead atoms. The lowest BCUT2D eigenvalue weighted by Crippen LogP contribution is -2.37. The van der Waals surface area contributed by atoms with E-state index < -0.39 is 0 Å². The third kappa shape index (κ3) is 4.92. The van der Waals surface area contributed by atoms with Crippen molar-refractivity contribution in [1.82, 2.24) is 4.90 Å². The molecule has 6 heteroatoms. The first kappa shape index (κ1) is 19.9. The number of ether oxygens (including phenoxy) is 1. The standard InChI is InChI=1S/C20H20BrCl2NOS/c1-13-6-8-24(9-7-13)20(26)14-3-5-19(17(21)10-14)25-12-15-2-4-16(22)11-18(15)23/h2-5,10-11,13H,6-9,12H2,1H3. The SMILES string of the molecule is CC1CCN(C(=S)c2ccc(OCc3ccc(Cl)cc3Cl)c(Br)c2)CC1. The Balaban J connectivity index is 1.66. The van der Waals surface area contributed by atoms with E-state index >= 15 is 0 Å². The summed E-state index contributed by atoms with van der Waals surface area (Å²) in [6.07, 6.45) is 2.40. The predicted molar refractivity (Wildman–Crippen MR) is 117 cm³/mol. The van der Waals surface area contributed by atoms with E-state index in [0.29, 0.717) is 16.7 Å². The fourth-order valence-corrected chi connectivity index (χ4v) is 4.21. The molecule has 2 nitrogen and oxygen atoms in total. The maximum atomic E-state index is 6.20. The van der Waals surface area contributed by atoms with E-state index in [0.717, 1.165) is 45.3 Å². The molecular formula is C20H20BrCl2NOS. The number of piperidine rings is 1. The van der Waals surface area contributed by atoms with E-state index in [1.165, 1.54) is 12.8 Å². The molecule has 1 fully saturated rings. The van der Waals surface area contributed by atoms with Gasteiger partial charge in [-0.3, -0.25) is 0 Å². The van der Waals surface area contributed by atoms with Crippen molar-refractivity contribution >= 4 is 56.3 Å². The molecule has 3 rings (SSSR count). The number of thiocarbonyl (C=S) groups is 1. The van der Waals surface area contributed by atoms with E-state index in [4.69, 9.17) is 40.2 Å². The second kappa shape index (κ2) is 8.92. The molecular weight excluding hydrogens is 453 g/mol. The van der Waals surface area contributed by atoms with E-state index in [9.17, 15) is 0 Å². The molecule has 0 aromatic heterocycles. The fraction of sp³-hybridized carbons (Fsp3) is 0.350. The summed E-state index contributed by atoms with van der Waals surface area (Å²) in [4.78, 5) is 3.20. The summed E-state index contributed by atoms with van der Waals surface area (Å²) in [5, 5.41) is 1.22. The Labute approximate surface area is 178 Å². The Morgan fingerprint density at radius 1 is 1.19 bits per heavy atom. The second-order valence-corrected chi connectivity index (χ2v) is 8.73. The second-order valence-electron chi connectivity index (χ2n) is 6.64. The van der Waals surface area contributed by atoms with Crippen LogP contribution in [0.2, 0.25) is 10.0 Å². The molecule has 0 radical (unpaired) electrons. The van der Waals surface area contributed by atoms with Crippen LogP contribution in [0.1, 0.15) is 30.9 Å². The monoisotopic (exact) mass is 471 g/mol. The van der Waals surface area contributed by atoms with Gasteiger partial charge in [0.25, 0.3) is 0 Å². The highest BCUT2D eigenvalue weighted by molar-refractivity contribution is 9.10. The first-order valence-corrected chi connectivity index (χ1v) is 10.6. The van der Waals surface area contributed by atoms with Crippen LogP contribution in [0.3, 0.4) is 0 Å². The van der Waals surface area contributed by atoms with Crippen LogP contribution in [-0.2, 0) is 6.61 Å². The summed E-state index contributed by atoms with van der Waals surface area (Å²) < 4.78 is 6.79. The highest BCUT2D eigenvalue weighted by Crippen LogP contribution is 2.29. The zero-order valence-electron chi connectivity index (χ0n) is 14.5. The molecule has 138 valence electrons. The van der Waals surface area contributed by atoms with Gasteiger partial charge in [-0.1, -0.05) is 48.4 Å². The van der Waals surface area contributed by atoms with Gasteiger partial charge in [-0.15, -0.1) is 0 Å². The molecule has 26 heavy (non-hydrogen) atoms. The summed E-state index contributed by atoms with van der Waals surface area (Å²) in [6, 6.07) is 11.4. The van der Waals surface area contributed by atoms with Crippen molar-refractivity contribution in [3.05, 3.63) is 62.0 Å². The van der Waals surface area contributed by atoms with Crippen molar-refractivity contribution in [3.8, 4) is 5.75 Å². The minimum Gasteiger partial charge on any atom is -0.488 e. The molecule has 0 aliphatic carbocycles. The number of nitrogens with zero attached hydrogens (tertiary/aromatic N) is 1. The Morgan fingerprint density at radius 2 is 1.92 bits per heavy atom. The quantitative estimate of drug-likeness (QED) is 0.457. The lowest BCUT2D eigenvalue weighted by molar-refractivity contribution is 0.284. The molecule has 0 atom stereocenters. The molecule has 1 saturated heterocycles. The number of benzene rings is 2. The molecule has 2 aromatic rings. The largest absolute Gasteiger partial charge is 0.488 e. The molecule has 1 aliphatic rings. The Morgan fingerprint density at radius 3 is 2.58 bits per heavy atom. The molecule has 0 N–H and O–H groups in total. The molecule has 0 saturated carbocycles. The minimum absolute atomic E-state index is 0.377. The van der Waals surface area contributed by atoms with Crippen molar-refractivity contribution in [1.29, 1.82) is 0 Å². The smallest absolute Gasteiger partial charge is 0.134 e. The lowest BCUT2D eigenvalue weighted by Gasteiger charge is -2.32. The van der Waals surface area contributed by atoms with Gasteiger partial charge in [-0.2, -0.15) is 0 Å². The number of hydrogen-bond acceptors (Lipinski definition) is 2. The van der Waals surface area contributed by atoms with Crippen LogP contribution in [-0.4, -0.2) is 23.0 Å². The number of rotatable bonds is 4. The first-order valence-electron chi connectivity index (χ1n) is 8.59. The minimum atomic E-state index is 0.377. The Bertz CT molecular complexity index is 806. The third-order valence-electron chi connectivity index (χ3n) is 4.65. The summed E-state index contributed by atoms with van der Waals surface area (Å²) in [5.74, 6) is 1.55. The summed E-state index contributed by atoms with van der Waals surface area (Å²) in [6.45, 7) is 4.74. The van der Waals surface area contributed by atoms with Gasteiger partial charge >= 0.3 is 0 Å². The highest BCUT2D eigenvalue weighted by atomic mass is 79.9. The fourth-order valence-electron chi connectivity index (χ4n) is 2.94. The van der Waals surface area contributed by atoms with Crippen LogP contribution in [0.5, 0.6) is 5.75 Å². The summed E-state index contributed by atoms with van der Waals surface area (Å²) in [7, 11) is 0. The van der Waals surface area contributed by atoms with Crippen LogP contribution >= 0.6 is 51.3 Å². The van der Waals surface area contributed by atoms with Crippen LogP contribution in [0.15, 0.2) is 40.9 Å². The van der Waals surface area contributed by atoms with Crippen molar-refractivity contribution in [3.63, 3.8) is 0 Å². The maximum absolute atomic E-state index is 6.20. The average Bonchev–Trinajstić information content (AvgIpc) is 2.62. The Hall–Kier alpha value is -0.810. The van der Waals surface area contributed by atoms with Crippen molar-refractivity contribution < 1.29 is 4.74 Å². The third-order valence-corrected chi connectivity index (χ3v) is 6.35. The van der Waals surface area contributed by atoms with Gasteiger partial charge in [0.15, 0.2) is 0 Å². The summed E-state index contributed by atoms with van der Waals surface area (Å²) >= 11 is 21.4. The van der Waals surface area contributed by atoms with E-state index in [-0.39, 0.29) is 0 Å². The van der Waals surface area contributed by atoms with Crippen LogP contribution < -0.4 is 4.74 Å².